The van der Waals surface area contributed by atoms with Gasteiger partial charge in [-0.2, -0.15) is 0 Å². The van der Waals surface area contributed by atoms with Crippen LogP contribution in [0.5, 0.6) is 0 Å². The van der Waals surface area contributed by atoms with E-state index in [0.717, 1.165) is 17.8 Å². The predicted octanol–water partition coefficient (Wildman–Crippen LogP) is 4.30. The van der Waals surface area contributed by atoms with Crippen LogP contribution in [0.3, 0.4) is 0 Å². The van der Waals surface area contributed by atoms with Crippen LogP contribution in [-0.4, -0.2) is 19.0 Å². The minimum absolute atomic E-state index is 0.0498. The van der Waals surface area contributed by atoms with Crippen molar-refractivity contribution in [3.8, 4) is 11.1 Å². The molecule has 1 saturated heterocycles. The molecule has 2 atom stereocenters. The largest absolute Gasteiger partial charge is 0.326 e. The lowest BCUT2D eigenvalue weighted by Crippen LogP contribution is -2.28. The van der Waals surface area contributed by atoms with Crippen LogP contribution in [0.2, 0.25) is 0 Å². The van der Waals surface area contributed by atoms with Crippen molar-refractivity contribution in [1.29, 1.82) is 0 Å². The third-order valence-electron chi connectivity index (χ3n) is 5.04. The topological polar surface area (TPSA) is 41.1 Å². The third-order valence-corrected chi connectivity index (χ3v) is 5.04. The Morgan fingerprint density at radius 3 is 2.08 bits per heavy atom. The molecule has 0 aliphatic carbocycles. The zero-order chi connectivity index (χ0) is 17.8. The van der Waals surface area contributed by atoms with Gasteiger partial charge in [0.1, 0.15) is 0 Å². The first kappa shape index (κ1) is 16.6. The van der Waals surface area contributed by atoms with Crippen LogP contribution in [0, 0.1) is 5.92 Å². The van der Waals surface area contributed by atoms with E-state index in [9.17, 15) is 4.79 Å². The first-order valence-electron chi connectivity index (χ1n) is 9.03. The van der Waals surface area contributed by atoms with E-state index in [1.165, 1.54) is 11.1 Å². The zero-order valence-electron chi connectivity index (χ0n) is 14.6. The van der Waals surface area contributed by atoms with Crippen LogP contribution >= 0.6 is 0 Å². The molecule has 0 spiro atoms. The molecule has 26 heavy (non-hydrogen) atoms. The number of amides is 1. The molecule has 3 aromatic rings. The standard InChI is InChI=1S/C23H22N2O/c26-23(22-16-24-15-21(22)19-9-5-2-6-10-19)25-20-13-11-18(12-14-20)17-7-3-1-4-8-17/h1-14,21-22,24H,15-16H2,(H,25,26)/t21-,22+/m0/s1. The molecular weight excluding hydrogens is 320 g/mol. The molecule has 0 saturated carbocycles. The number of anilines is 1. The fourth-order valence-corrected chi connectivity index (χ4v) is 3.62. The summed E-state index contributed by atoms with van der Waals surface area (Å²) in [6.45, 7) is 1.56. The van der Waals surface area contributed by atoms with Gasteiger partial charge in [-0.15, -0.1) is 0 Å². The summed E-state index contributed by atoms with van der Waals surface area (Å²) in [6.07, 6.45) is 0. The predicted molar refractivity (Wildman–Crippen MR) is 106 cm³/mol. The molecule has 0 aromatic heterocycles. The number of carbonyl (C=O) groups is 1. The van der Waals surface area contributed by atoms with Gasteiger partial charge < -0.3 is 10.6 Å². The molecule has 130 valence electrons. The van der Waals surface area contributed by atoms with E-state index in [4.69, 9.17) is 0 Å². The monoisotopic (exact) mass is 342 g/mol. The average molecular weight is 342 g/mol. The number of hydrogen-bond acceptors (Lipinski definition) is 2. The van der Waals surface area contributed by atoms with E-state index in [1.54, 1.807) is 0 Å². The second-order valence-corrected chi connectivity index (χ2v) is 6.71. The van der Waals surface area contributed by atoms with Gasteiger partial charge in [0.15, 0.2) is 0 Å². The quantitative estimate of drug-likeness (QED) is 0.742. The Kier molecular flexibility index (Phi) is 4.80. The van der Waals surface area contributed by atoms with Crippen molar-refractivity contribution in [3.63, 3.8) is 0 Å². The molecule has 4 rings (SSSR count). The van der Waals surface area contributed by atoms with Gasteiger partial charge in [-0.3, -0.25) is 4.79 Å². The Labute approximate surface area is 154 Å². The third kappa shape index (κ3) is 3.53. The number of rotatable bonds is 4. The molecule has 0 bridgehead atoms. The van der Waals surface area contributed by atoms with Gasteiger partial charge in [0.2, 0.25) is 5.91 Å². The molecule has 1 aliphatic rings. The van der Waals surface area contributed by atoms with Crippen LogP contribution in [0.4, 0.5) is 5.69 Å². The molecule has 1 aliphatic heterocycles. The first-order chi connectivity index (χ1) is 12.8. The van der Waals surface area contributed by atoms with Crippen LogP contribution in [0.25, 0.3) is 11.1 Å². The van der Waals surface area contributed by atoms with Gasteiger partial charge >= 0.3 is 0 Å². The number of hydrogen-bond donors (Lipinski definition) is 2. The van der Waals surface area contributed by atoms with Gasteiger partial charge in [-0.05, 0) is 28.8 Å². The SMILES string of the molecule is O=C(Nc1ccc(-c2ccccc2)cc1)[C@@H]1CNC[C@H]1c1ccccc1. The number of carbonyl (C=O) groups excluding carboxylic acids is 1. The van der Waals surface area contributed by atoms with Crippen molar-refractivity contribution in [2.24, 2.45) is 5.92 Å². The van der Waals surface area contributed by atoms with Gasteiger partial charge in [0.05, 0.1) is 5.92 Å². The fourth-order valence-electron chi connectivity index (χ4n) is 3.62. The van der Waals surface area contributed by atoms with Crippen LogP contribution in [-0.2, 0) is 4.79 Å². The highest BCUT2D eigenvalue weighted by Gasteiger charge is 2.33. The molecule has 0 unspecified atom stereocenters. The van der Waals surface area contributed by atoms with Gasteiger partial charge in [0, 0.05) is 24.7 Å². The smallest absolute Gasteiger partial charge is 0.229 e. The minimum atomic E-state index is -0.0498. The highest BCUT2D eigenvalue weighted by Crippen LogP contribution is 2.29. The fraction of sp³-hybridized carbons (Fsp3) is 0.174. The van der Waals surface area contributed by atoms with E-state index in [1.807, 2.05) is 60.7 Å². The van der Waals surface area contributed by atoms with Gasteiger partial charge in [-0.25, -0.2) is 0 Å². The van der Waals surface area contributed by atoms with E-state index in [0.29, 0.717) is 6.54 Å². The molecule has 3 heteroatoms. The summed E-state index contributed by atoms with van der Waals surface area (Å²) >= 11 is 0. The summed E-state index contributed by atoms with van der Waals surface area (Å²) in [5.41, 5.74) is 4.38. The summed E-state index contributed by atoms with van der Waals surface area (Å²) in [6, 6.07) is 28.6. The lowest BCUT2D eigenvalue weighted by molar-refractivity contribution is -0.119. The van der Waals surface area contributed by atoms with Crippen molar-refractivity contribution in [2.75, 3.05) is 18.4 Å². The maximum Gasteiger partial charge on any atom is 0.229 e. The minimum Gasteiger partial charge on any atom is -0.326 e. The highest BCUT2D eigenvalue weighted by atomic mass is 16.1. The van der Waals surface area contributed by atoms with Crippen molar-refractivity contribution >= 4 is 11.6 Å². The van der Waals surface area contributed by atoms with Crippen LogP contribution in [0.1, 0.15) is 11.5 Å². The van der Waals surface area contributed by atoms with Crippen LogP contribution < -0.4 is 10.6 Å². The molecular formula is C23H22N2O. The van der Waals surface area contributed by atoms with E-state index in [2.05, 4.69) is 34.9 Å². The molecule has 3 aromatic carbocycles. The Hall–Kier alpha value is -2.91. The number of benzene rings is 3. The molecule has 1 amide bonds. The summed E-state index contributed by atoms with van der Waals surface area (Å²) in [7, 11) is 0. The molecule has 2 N–H and O–H groups in total. The summed E-state index contributed by atoms with van der Waals surface area (Å²) in [4.78, 5) is 12.8. The summed E-state index contributed by atoms with van der Waals surface area (Å²) < 4.78 is 0. The summed E-state index contributed by atoms with van der Waals surface area (Å²) in [5.74, 6) is 0.252. The zero-order valence-corrected chi connectivity index (χ0v) is 14.6. The average Bonchev–Trinajstić information content (AvgIpc) is 3.20. The lowest BCUT2D eigenvalue weighted by Gasteiger charge is -2.18. The lowest BCUT2D eigenvalue weighted by atomic mass is 9.88. The molecule has 3 nitrogen and oxygen atoms in total. The van der Waals surface area contributed by atoms with Crippen molar-refractivity contribution in [3.05, 3.63) is 90.5 Å². The Morgan fingerprint density at radius 2 is 1.38 bits per heavy atom. The maximum atomic E-state index is 12.8. The first-order valence-corrected chi connectivity index (χ1v) is 9.03. The maximum absolute atomic E-state index is 12.8. The Bertz CT molecular complexity index is 860. The molecule has 1 heterocycles. The van der Waals surface area contributed by atoms with Crippen molar-refractivity contribution in [2.45, 2.75) is 5.92 Å². The van der Waals surface area contributed by atoms with Crippen molar-refractivity contribution in [1.82, 2.24) is 5.32 Å². The Morgan fingerprint density at radius 1 is 0.769 bits per heavy atom. The van der Waals surface area contributed by atoms with E-state index < -0.39 is 0 Å². The van der Waals surface area contributed by atoms with Crippen molar-refractivity contribution < 1.29 is 4.79 Å². The van der Waals surface area contributed by atoms with E-state index in [-0.39, 0.29) is 17.7 Å². The van der Waals surface area contributed by atoms with E-state index >= 15 is 0 Å². The van der Waals surface area contributed by atoms with Gasteiger partial charge in [0.25, 0.3) is 0 Å². The summed E-state index contributed by atoms with van der Waals surface area (Å²) in [5, 5.41) is 6.44. The molecule has 1 fully saturated rings. The number of nitrogens with one attached hydrogen (secondary N) is 2. The normalized spacial score (nSPS) is 19.2. The van der Waals surface area contributed by atoms with Gasteiger partial charge in [-0.1, -0.05) is 72.8 Å². The highest BCUT2D eigenvalue weighted by molar-refractivity contribution is 5.94. The van der Waals surface area contributed by atoms with Crippen LogP contribution in [0.15, 0.2) is 84.9 Å². The Balaban J connectivity index is 1.46. The second kappa shape index (κ2) is 7.54. The molecule has 0 radical (unpaired) electrons. The second-order valence-electron chi connectivity index (χ2n) is 6.71.